The molecule has 0 bridgehead atoms. The minimum Gasteiger partial charge on any atom is -0.481 e. The topological polar surface area (TPSA) is 40.5 Å². The molecule has 0 spiro atoms. The third-order valence-corrected chi connectivity index (χ3v) is 4.69. The lowest BCUT2D eigenvalue weighted by Gasteiger charge is -2.26. The number of nitrogens with zero attached hydrogens (tertiary/aromatic N) is 1. The first-order valence-corrected chi connectivity index (χ1v) is 6.32. The van der Waals surface area contributed by atoms with Crippen LogP contribution in [-0.2, 0) is 4.79 Å². The summed E-state index contributed by atoms with van der Waals surface area (Å²) >= 11 is 2.01. The zero-order chi connectivity index (χ0) is 10.1. The highest BCUT2D eigenvalue weighted by atomic mass is 32.2. The van der Waals surface area contributed by atoms with E-state index in [1.54, 1.807) is 0 Å². The van der Waals surface area contributed by atoms with Gasteiger partial charge >= 0.3 is 5.97 Å². The van der Waals surface area contributed by atoms with Crippen molar-refractivity contribution >= 4 is 17.7 Å². The third kappa shape index (κ3) is 1.91. The number of carbonyl (C=O) groups is 1. The maximum absolute atomic E-state index is 10.8. The Bertz CT molecular complexity index is 234. The van der Waals surface area contributed by atoms with Crippen molar-refractivity contribution in [1.29, 1.82) is 0 Å². The molecule has 2 saturated heterocycles. The van der Waals surface area contributed by atoms with E-state index in [1.165, 1.54) is 12.2 Å². The van der Waals surface area contributed by atoms with Gasteiger partial charge in [0.2, 0.25) is 0 Å². The standard InChI is InChI=1S/C10H17NO2S/c1-7-9(3-5-14-7)11-4-2-8(6-11)10(12)13/h7-9H,2-6H2,1H3,(H,12,13). The van der Waals surface area contributed by atoms with Gasteiger partial charge in [-0.05, 0) is 25.1 Å². The summed E-state index contributed by atoms with van der Waals surface area (Å²) in [7, 11) is 0. The van der Waals surface area contributed by atoms with Gasteiger partial charge in [0.05, 0.1) is 5.92 Å². The molecule has 0 aliphatic carbocycles. The van der Waals surface area contributed by atoms with Crippen LogP contribution in [0.3, 0.4) is 0 Å². The molecule has 1 N–H and O–H groups in total. The van der Waals surface area contributed by atoms with Gasteiger partial charge in [-0.2, -0.15) is 11.8 Å². The minimum atomic E-state index is -0.620. The van der Waals surface area contributed by atoms with Crippen LogP contribution in [0.5, 0.6) is 0 Å². The van der Waals surface area contributed by atoms with Crippen LogP contribution in [0.15, 0.2) is 0 Å². The van der Waals surface area contributed by atoms with E-state index >= 15 is 0 Å². The van der Waals surface area contributed by atoms with Crippen molar-refractivity contribution in [3.8, 4) is 0 Å². The van der Waals surface area contributed by atoms with E-state index < -0.39 is 5.97 Å². The first-order chi connectivity index (χ1) is 6.68. The summed E-state index contributed by atoms with van der Waals surface area (Å²) in [6.07, 6.45) is 2.07. The summed E-state index contributed by atoms with van der Waals surface area (Å²) in [4.78, 5) is 13.2. The molecule has 0 saturated carbocycles. The van der Waals surface area contributed by atoms with Crippen LogP contribution in [0.4, 0.5) is 0 Å². The molecule has 14 heavy (non-hydrogen) atoms. The number of thioether (sulfide) groups is 1. The summed E-state index contributed by atoms with van der Waals surface area (Å²) in [6.45, 7) is 4.01. The van der Waals surface area contributed by atoms with Gasteiger partial charge in [0.1, 0.15) is 0 Å². The number of hydrogen-bond donors (Lipinski definition) is 1. The van der Waals surface area contributed by atoms with Crippen molar-refractivity contribution in [3.05, 3.63) is 0 Å². The highest BCUT2D eigenvalue weighted by Gasteiger charge is 2.36. The maximum atomic E-state index is 10.8. The van der Waals surface area contributed by atoms with Crippen LogP contribution in [0.2, 0.25) is 0 Å². The Morgan fingerprint density at radius 1 is 1.50 bits per heavy atom. The lowest BCUT2D eigenvalue weighted by Crippen LogP contribution is -2.37. The molecule has 2 aliphatic rings. The normalized spacial score (nSPS) is 39.1. The van der Waals surface area contributed by atoms with Crippen LogP contribution < -0.4 is 0 Å². The maximum Gasteiger partial charge on any atom is 0.307 e. The van der Waals surface area contributed by atoms with Gasteiger partial charge in [-0.3, -0.25) is 9.69 Å². The Morgan fingerprint density at radius 3 is 2.79 bits per heavy atom. The summed E-state index contributed by atoms with van der Waals surface area (Å²) in [5.41, 5.74) is 0. The molecule has 0 aromatic carbocycles. The number of carboxylic acid groups (broad SMARTS) is 1. The van der Waals surface area contributed by atoms with Gasteiger partial charge in [0.25, 0.3) is 0 Å². The van der Waals surface area contributed by atoms with Crippen molar-refractivity contribution < 1.29 is 9.90 Å². The zero-order valence-electron chi connectivity index (χ0n) is 8.48. The average molecular weight is 215 g/mol. The van der Waals surface area contributed by atoms with Crippen molar-refractivity contribution in [2.24, 2.45) is 5.92 Å². The Balaban J connectivity index is 1.91. The second-order valence-corrected chi connectivity index (χ2v) is 5.74. The van der Waals surface area contributed by atoms with E-state index in [2.05, 4.69) is 11.8 Å². The molecule has 80 valence electrons. The van der Waals surface area contributed by atoms with Crippen LogP contribution in [0, 0.1) is 5.92 Å². The first-order valence-electron chi connectivity index (χ1n) is 5.27. The van der Waals surface area contributed by atoms with E-state index in [-0.39, 0.29) is 5.92 Å². The van der Waals surface area contributed by atoms with Crippen molar-refractivity contribution in [3.63, 3.8) is 0 Å². The second kappa shape index (κ2) is 4.11. The summed E-state index contributed by atoms with van der Waals surface area (Å²) in [5, 5.41) is 9.59. The largest absolute Gasteiger partial charge is 0.481 e. The van der Waals surface area contributed by atoms with Crippen LogP contribution >= 0.6 is 11.8 Å². The van der Waals surface area contributed by atoms with Gasteiger partial charge in [-0.25, -0.2) is 0 Å². The Morgan fingerprint density at radius 2 is 2.29 bits per heavy atom. The van der Waals surface area contributed by atoms with E-state index in [9.17, 15) is 4.79 Å². The number of aliphatic carboxylic acids is 1. The monoisotopic (exact) mass is 215 g/mol. The van der Waals surface area contributed by atoms with Gasteiger partial charge in [-0.1, -0.05) is 6.92 Å². The highest BCUT2D eigenvalue weighted by Crippen LogP contribution is 2.33. The molecule has 2 heterocycles. The molecular weight excluding hydrogens is 198 g/mol. The second-order valence-electron chi connectivity index (χ2n) is 4.25. The third-order valence-electron chi connectivity index (χ3n) is 3.37. The molecule has 0 aromatic heterocycles. The van der Waals surface area contributed by atoms with E-state index in [4.69, 9.17) is 5.11 Å². The molecule has 3 nitrogen and oxygen atoms in total. The summed E-state index contributed by atoms with van der Waals surface area (Å²) in [5.74, 6) is 0.499. The molecule has 4 heteroatoms. The predicted molar refractivity (Wildman–Crippen MR) is 57.6 cm³/mol. The SMILES string of the molecule is CC1SCCC1N1CCC(C(=O)O)C1. The van der Waals surface area contributed by atoms with Crippen molar-refractivity contribution in [2.45, 2.75) is 31.1 Å². The summed E-state index contributed by atoms with van der Waals surface area (Å²) in [6, 6.07) is 0.629. The molecule has 0 radical (unpaired) electrons. The Kier molecular flexibility index (Phi) is 3.02. The molecule has 2 fully saturated rings. The fourth-order valence-corrected chi connectivity index (χ4v) is 3.77. The average Bonchev–Trinajstić information content (AvgIpc) is 2.71. The fraction of sp³-hybridized carbons (Fsp3) is 0.900. The quantitative estimate of drug-likeness (QED) is 0.753. The fourth-order valence-electron chi connectivity index (χ4n) is 2.49. The van der Waals surface area contributed by atoms with Gasteiger partial charge in [0.15, 0.2) is 0 Å². The summed E-state index contributed by atoms with van der Waals surface area (Å²) < 4.78 is 0. The molecule has 0 amide bonds. The molecule has 3 unspecified atom stereocenters. The Hall–Kier alpha value is -0.220. The first kappa shape index (κ1) is 10.3. The zero-order valence-corrected chi connectivity index (χ0v) is 9.30. The number of hydrogen-bond acceptors (Lipinski definition) is 3. The lowest BCUT2D eigenvalue weighted by molar-refractivity contribution is -0.141. The predicted octanol–water partition coefficient (Wildman–Crippen LogP) is 1.29. The van der Waals surface area contributed by atoms with Gasteiger partial charge in [0, 0.05) is 17.8 Å². The lowest BCUT2D eigenvalue weighted by atomic mass is 10.1. The van der Waals surface area contributed by atoms with Gasteiger partial charge in [-0.15, -0.1) is 0 Å². The van der Waals surface area contributed by atoms with Crippen LogP contribution in [0.25, 0.3) is 0 Å². The number of likely N-dealkylation sites (tertiary alicyclic amines) is 1. The molecule has 2 aliphatic heterocycles. The molecule has 2 rings (SSSR count). The molecular formula is C10H17NO2S. The van der Waals surface area contributed by atoms with E-state index in [0.717, 1.165) is 19.5 Å². The van der Waals surface area contributed by atoms with Crippen molar-refractivity contribution in [1.82, 2.24) is 4.90 Å². The van der Waals surface area contributed by atoms with Crippen LogP contribution in [0.1, 0.15) is 19.8 Å². The molecule has 0 aromatic rings. The number of rotatable bonds is 2. The van der Waals surface area contributed by atoms with E-state index in [0.29, 0.717) is 11.3 Å². The minimum absolute atomic E-state index is 0.118. The van der Waals surface area contributed by atoms with Crippen LogP contribution in [-0.4, -0.2) is 46.1 Å². The molecule has 3 atom stereocenters. The van der Waals surface area contributed by atoms with E-state index in [1.807, 2.05) is 11.8 Å². The number of carboxylic acids is 1. The highest BCUT2D eigenvalue weighted by molar-refractivity contribution is 8.00. The smallest absolute Gasteiger partial charge is 0.307 e. The Labute approximate surface area is 88.9 Å². The van der Waals surface area contributed by atoms with Crippen molar-refractivity contribution in [2.75, 3.05) is 18.8 Å². The van der Waals surface area contributed by atoms with Gasteiger partial charge < -0.3 is 5.11 Å².